The molecule has 1 N–H and O–H groups in total. The molecule has 2 aromatic rings. The quantitative estimate of drug-likeness (QED) is 0.796. The Kier molecular flexibility index (Phi) is 5.98. The van der Waals surface area contributed by atoms with Gasteiger partial charge in [0.05, 0.1) is 24.9 Å². The van der Waals surface area contributed by atoms with Crippen molar-refractivity contribution < 1.29 is 18.3 Å². The first-order valence-electron chi connectivity index (χ1n) is 8.95. The normalized spacial score (nSPS) is 18.0. The Balaban J connectivity index is 1.77. The number of carbonyl (C=O) groups is 1. The fourth-order valence-electron chi connectivity index (χ4n) is 3.49. The summed E-state index contributed by atoms with van der Waals surface area (Å²) in [5, 5.41) is 6.86. The molecule has 0 unspecified atom stereocenters. The molecule has 5 nitrogen and oxygen atoms in total. The number of rotatable bonds is 6. The Morgan fingerprint density at radius 2 is 2.23 bits per heavy atom. The largest absolute Gasteiger partial charge is 0.466 e. The molecule has 1 fully saturated rings. The highest BCUT2D eigenvalue weighted by Crippen LogP contribution is 2.28. The molecular weight excluding hydrogens is 340 g/mol. The number of likely N-dealkylation sites (tertiary alicyclic amines) is 1. The lowest BCUT2D eigenvalue weighted by Gasteiger charge is -2.35. The fourth-order valence-corrected chi connectivity index (χ4v) is 3.49. The van der Waals surface area contributed by atoms with E-state index >= 15 is 0 Å². The molecule has 2 heterocycles. The molecule has 1 aromatic carbocycles. The number of esters is 1. The highest BCUT2D eigenvalue weighted by Gasteiger charge is 2.26. The maximum atomic E-state index is 14.1. The zero-order chi connectivity index (χ0) is 18.5. The van der Waals surface area contributed by atoms with Gasteiger partial charge >= 0.3 is 5.97 Å². The molecule has 0 radical (unpaired) electrons. The monoisotopic (exact) mass is 363 g/mol. The summed E-state index contributed by atoms with van der Waals surface area (Å²) < 4.78 is 32.4. The molecular formula is C19H23F2N3O2. The van der Waals surface area contributed by atoms with Gasteiger partial charge in [-0.1, -0.05) is 6.42 Å². The summed E-state index contributed by atoms with van der Waals surface area (Å²) in [5.74, 6) is -1.43. The molecule has 1 aliphatic heterocycles. The smallest absolute Gasteiger partial charge is 0.307 e. The van der Waals surface area contributed by atoms with Gasteiger partial charge in [-0.25, -0.2) is 8.78 Å². The molecule has 1 aromatic heterocycles. The molecule has 7 heteroatoms. The third-order valence-corrected chi connectivity index (χ3v) is 4.75. The Morgan fingerprint density at radius 1 is 1.38 bits per heavy atom. The SMILES string of the molecule is CCOC(=O)C[C@@H]1CCCCN1Cc1cn[nH]c1-c1ccc(F)cc1F. The Morgan fingerprint density at radius 3 is 3.00 bits per heavy atom. The van der Waals surface area contributed by atoms with Gasteiger partial charge in [-0.2, -0.15) is 5.10 Å². The standard InChI is InChI=1S/C19H23F2N3O2/c1-2-26-18(25)10-15-5-3-4-8-24(15)12-13-11-22-23-19(13)16-7-6-14(20)9-17(16)21/h6-7,9,11,15H,2-5,8,10,12H2,1H3,(H,22,23)/t15-/m0/s1. The van der Waals surface area contributed by atoms with Crippen molar-refractivity contribution in [1.29, 1.82) is 0 Å². The zero-order valence-corrected chi connectivity index (χ0v) is 14.8. The number of benzene rings is 1. The average molecular weight is 363 g/mol. The zero-order valence-electron chi connectivity index (χ0n) is 14.8. The molecule has 0 bridgehead atoms. The highest BCUT2D eigenvalue weighted by molar-refractivity contribution is 5.70. The summed E-state index contributed by atoms with van der Waals surface area (Å²) in [4.78, 5) is 14.1. The summed E-state index contributed by atoms with van der Waals surface area (Å²) >= 11 is 0. The van der Waals surface area contributed by atoms with Crippen LogP contribution in [0, 0.1) is 11.6 Å². The van der Waals surface area contributed by atoms with E-state index < -0.39 is 11.6 Å². The van der Waals surface area contributed by atoms with Crippen LogP contribution in [-0.4, -0.2) is 40.3 Å². The van der Waals surface area contributed by atoms with Gasteiger partial charge < -0.3 is 4.74 Å². The molecule has 140 valence electrons. The number of H-pyrrole nitrogens is 1. The Hall–Kier alpha value is -2.28. The number of nitrogens with one attached hydrogen (secondary N) is 1. The number of aromatic amines is 1. The van der Waals surface area contributed by atoms with Crippen LogP contribution in [0.25, 0.3) is 11.3 Å². The van der Waals surface area contributed by atoms with Crippen molar-refractivity contribution in [3.8, 4) is 11.3 Å². The first kappa shape index (κ1) is 18.5. The predicted molar refractivity (Wildman–Crippen MR) is 93.2 cm³/mol. The van der Waals surface area contributed by atoms with Crippen molar-refractivity contribution in [2.45, 2.75) is 45.2 Å². The number of halogens is 2. The van der Waals surface area contributed by atoms with Crippen molar-refractivity contribution in [3.63, 3.8) is 0 Å². The lowest BCUT2D eigenvalue weighted by molar-refractivity contribution is -0.145. The van der Waals surface area contributed by atoms with Crippen LogP contribution in [0.1, 0.15) is 38.2 Å². The van der Waals surface area contributed by atoms with Crippen molar-refractivity contribution in [1.82, 2.24) is 15.1 Å². The molecule has 26 heavy (non-hydrogen) atoms. The van der Waals surface area contributed by atoms with Crippen molar-refractivity contribution in [3.05, 3.63) is 41.6 Å². The van der Waals surface area contributed by atoms with Gasteiger partial charge in [-0.15, -0.1) is 0 Å². The van der Waals surface area contributed by atoms with Gasteiger partial charge in [-0.05, 0) is 38.4 Å². The van der Waals surface area contributed by atoms with E-state index in [0.717, 1.165) is 37.4 Å². The van der Waals surface area contributed by atoms with E-state index in [-0.39, 0.29) is 17.6 Å². The minimum Gasteiger partial charge on any atom is -0.466 e. The first-order chi connectivity index (χ1) is 12.6. The maximum Gasteiger partial charge on any atom is 0.307 e. The van der Waals surface area contributed by atoms with Crippen LogP contribution >= 0.6 is 0 Å². The molecule has 1 saturated heterocycles. The first-order valence-corrected chi connectivity index (χ1v) is 8.95. The Labute approximate surface area is 151 Å². The molecule has 0 amide bonds. The van der Waals surface area contributed by atoms with Crippen molar-refractivity contribution in [2.75, 3.05) is 13.2 Å². The lowest BCUT2D eigenvalue weighted by Crippen LogP contribution is -2.40. The average Bonchev–Trinajstić information content (AvgIpc) is 3.05. The fraction of sp³-hybridized carbons (Fsp3) is 0.474. The van der Waals surface area contributed by atoms with Crippen LogP contribution in [0.4, 0.5) is 8.78 Å². The summed E-state index contributed by atoms with van der Waals surface area (Å²) in [7, 11) is 0. The number of hydrogen-bond donors (Lipinski definition) is 1. The van der Waals surface area contributed by atoms with Crippen LogP contribution in [0.2, 0.25) is 0 Å². The third kappa shape index (κ3) is 4.27. The van der Waals surface area contributed by atoms with Gasteiger partial charge in [0, 0.05) is 29.8 Å². The summed E-state index contributed by atoms with van der Waals surface area (Å²) in [6.45, 7) is 3.58. The predicted octanol–water partition coefficient (Wildman–Crippen LogP) is 3.66. The topological polar surface area (TPSA) is 58.2 Å². The van der Waals surface area contributed by atoms with E-state index in [1.165, 1.54) is 12.1 Å². The van der Waals surface area contributed by atoms with Crippen LogP contribution in [-0.2, 0) is 16.1 Å². The lowest BCUT2D eigenvalue weighted by atomic mass is 9.98. The maximum absolute atomic E-state index is 14.1. The van der Waals surface area contributed by atoms with Gasteiger partial charge in [0.2, 0.25) is 0 Å². The number of nitrogens with zero attached hydrogens (tertiary/aromatic N) is 2. The van der Waals surface area contributed by atoms with Gasteiger partial charge in [-0.3, -0.25) is 14.8 Å². The second kappa shape index (κ2) is 8.40. The summed E-state index contributed by atoms with van der Waals surface area (Å²) in [5.41, 5.74) is 1.66. The van der Waals surface area contributed by atoms with Crippen LogP contribution in [0.5, 0.6) is 0 Å². The van der Waals surface area contributed by atoms with E-state index in [1.807, 2.05) is 0 Å². The minimum atomic E-state index is -0.628. The van der Waals surface area contributed by atoms with E-state index in [9.17, 15) is 13.6 Å². The second-order valence-electron chi connectivity index (χ2n) is 6.52. The molecule has 1 atom stereocenters. The molecule has 3 rings (SSSR count). The number of carbonyl (C=O) groups excluding carboxylic acids is 1. The number of piperidine rings is 1. The van der Waals surface area contributed by atoms with Crippen molar-refractivity contribution in [2.24, 2.45) is 0 Å². The number of aromatic nitrogens is 2. The Bertz CT molecular complexity index is 763. The second-order valence-corrected chi connectivity index (χ2v) is 6.52. The highest BCUT2D eigenvalue weighted by atomic mass is 19.1. The molecule has 0 saturated carbocycles. The number of hydrogen-bond acceptors (Lipinski definition) is 4. The van der Waals surface area contributed by atoms with Crippen molar-refractivity contribution >= 4 is 5.97 Å². The summed E-state index contributed by atoms with van der Waals surface area (Å²) in [6, 6.07) is 3.61. The van der Waals surface area contributed by atoms with E-state index in [0.29, 0.717) is 25.3 Å². The van der Waals surface area contributed by atoms with Gasteiger partial charge in [0.25, 0.3) is 0 Å². The van der Waals surface area contributed by atoms with E-state index in [1.54, 1.807) is 13.1 Å². The van der Waals surface area contributed by atoms with Crippen LogP contribution < -0.4 is 0 Å². The van der Waals surface area contributed by atoms with Crippen LogP contribution in [0.3, 0.4) is 0 Å². The van der Waals surface area contributed by atoms with Crippen LogP contribution in [0.15, 0.2) is 24.4 Å². The third-order valence-electron chi connectivity index (χ3n) is 4.75. The molecule has 0 aliphatic carbocycles. The molecule has 1 aliphatic rings. The summed E-state index contributed by atoms with van der Waals surface area (Å²) in [6.07, 6.45) is 5.07. The molecule has 0 spiro atoms. The van der Waals surface area contributed by atoms with E-state index in [2.05, 4.69) is 15.1 Å². The van der Waals surface area contributed by atoms with Gasteiger partial charge in [0.15, 0.2) is 0 Å². The minimum absolute atomic E-state index is 0.101. The van der Waals surface area contributed by atoms with Gasteiger partial charge in [0.1, 0.15) is 11.6 Å². The van der Waals surface area contributed by atoms with E-state index in [4.69, 9.17) is 4.74 Å². The number of ether oxygens (including phenoxy) is 1.